The Labute approximate surface area is 156 Å². The minimum absolute atomic E-state index is 0.495. The second-order valence-electron chi connectivity index (χ2n) is 6.68. The largest absolute Gasteiger partial charge is 0.380 e. The van der Waals surface area contributed by atoms with Gasteiger partial charge in [-0.15, -0.1) is 0 Å². The van der Waals surface area contributed by atoms with Gasteiger partial charge in [-0.3, -0.25) is 9.97 Å². The Morgan fingerprint density at radius 3 is 2.85 bits per heavy atom. The Balaban J connectivity index is 1.75. The van der Waals surface area contributed by atoms with E-state index in [2.05, 4.69) is 70.6 Å². The first kappa shape index (κ1) is 18.4. The van der Waals surface area contributed by atoms with Crippen LogP contribution in [0.1, 0.15) is 32.8 Å². The molecular weight excluding hydrogens is 322 g/mol. The Kier molecular flexibility index (Phi) is 6.23. The Hall–Kier alpha value is -2.40. The molecule has 1 atom stereocenters. The molecule has 0 saturated carbocycles. The summed E-state index contributed by atoms with van der Waals surface area (Å²) < 4.78 is 0. The number of hydrogen-bond acceptors (Lipinski definition) is 5. The van der Waals surface area contributed by atoms with Crippen LogP contribution < -0.4 is 10.6 Å². The summed E-state index contributed by atoms with van der Waals surface area (Å²) in [6.45, 7) is 10.5. The van der Waals surface area contributed by atoms with Crippen molar-refractivity contribution in [1.82, 2.24) is 25.5 Å². The first-order valence-corrected chi connectivity index (χ1v) is 9.50. The molecule has 26 heavy (non-hydrogen) atoms. The minimum atomic E-state index is 0.495. The van der Waals surface area contributed by atoms with Crippen LogP contribution >= 0.6 is 0 Å². The van der Waals surface area contributed by atoms with Gasteiger partial charge < -0.3 is 15.5 Å². The van der Waals surface area contributed by atoms with E-state index >= 15 is 0 Å². The van der Waals surface area contributed by atoms with E-state index < -0.39 is 0 Å². The number of nitrogens with zero attached hydrogens (tertiary/aromatic N) is 3. The molecule has 1 aromatic heterocycles. The van der Waals surface area contributed by atoms with Crippen molar-refractivity contribution in [2.75, 3.05) is 19.6 Å². The summed E-state index contributed by atoms with van der Waals surface area (Å²) >= 11 is 0. The third kappa shape index (κ3) is 4.22. The van der Waals surface area contributed by atoms with Crippen LogP contribution in [0.5, 0.6) is 0 Å². The van der Waals surface area contributed by atoms with Crippen LogP contribution in [0, 0.1) is 0 Å². The van der Waals surface area contributed by atoms with Gasteiger partial charge in [0.2, 0.25) is 0 Å². The highest BCUT2D eigenvalue weighted by Gasteiger charge is 2.21. The molecule has 1 aliphatic heterocycles. The zero-order valence-electron chi connectivity index (χ0n) is 16.0. The van der Waals surface area contributed by atoms with Crippen molar-refractivity contribution < 1.29 is 0 Å². The van der Waals surface area contributed by atoms with Gasteiger partial charge in [-0.2, -0.15) is 0 Å². The van der Waals surface area contributed by atoms with E-state index in [-0.39, 0.29) is 0 Å². The number of rotatable bonds is 6. The van der Waals surface area contributed by atoms with Gasteiger partial charge in [0.25, 0.3) is 0 Å². The van der Waals surface area contributed by atoms with Crippen molar-refractivity contribution in [3.05, 3.63) is 59.7 Å². The lowest BCUT2D eigenvalue weighted by Gasteiger charge is -2.38. The average molecular weight is 351 g/mol. The molecule has 0 bridgehead atoms. The van der Waals surface area contributed by atoms with Crippen LogP contribution in [0.2, 0.25) is 0 Å². The van der Waals surface area contributed by atoms with E-state index in [1.54, 1.807) is 12.4 Å². The fourth-order valence-electron chi connectivity index (χ4n) is 3.43. The second-order valence-corrected chi connectivity index (χ2v) is 6.68. The molecule has 5 nitrogen and oxygen atoms in total. The van der Waals surface area contributed by atoms with E-state index in [1.807, 2.05) is 6.07 Å². The summed E-state index contributed by atoms with van der Waals surface area (Å²) in [5.74, 6) is 0. The lowest BCUT2D eigenvalue weighted by molar-refractivity contribution is 0.224. The van der Waals surface area contributed by atoms with Gasteiger partial charge in [-0.1, -0.05) is 25.1 Å². The molecule has 1 aliphatic rings. The van der Waals surface area contributed by atoms with Crippen molar-refractivity contribution in [3.8, 4) is 0 Å². The average Bonchev–Trinajstić information content (AvgIpc) is 2.68. The van der Waals surface area contributed by atoms with Crippen molar-refractivity contribution in [3.63, 3.8) is 0 Å². The maximum Gasteiger partial charge on any atom is 0.0890 e. The quantitative estimate of drug-likeness (QED) is 0.783. The molecule has 0 radical (unpaired) electrons. The van der Waals surface area contributed by atoms with Crippen LogP contribution in [0.3, 0.4) is 0 Å². The van der Waals surface area contributed by atoms with Gasteiger partial charge in [0.05, 0.1) is 22.4 Å². The first-order chi connectivity index (χ1) is 12.7. The predicted molar refractivity (Wildman–Crippen MR) is 108 cm³/mol. The highest BCUT2D eigenvalue weighted by Crippen LogP contribution is 2.20. The SMILES string of the molecule is C/C=C(NCc1ccc2nccnc2c1)\C(=C/CC)N1CCNCC1C. The normalized spacial score (nSPS) is 19.0. The van der Waals surface area contributed by atoms with Crippen molar-refractivity contribution in [1.29, 1.82) is 0 Å². The third-order valence-electron chi connectivity index (χ3n) is 4.79. The number of allylic oxidation sites excluding steroid dienone is 2. The lowest BCUT2D eigenvalue weighted by Crippen LogP contribution is -2.50. The summed E-state index contributed by atoms with van der Waals surface area (Å²) in [6, 6.07) is 6.76. The fraction of sp³-hybridized carbons (Fsp3) is 0.429. The number of fused-ring (bicyclic) bond motifs is 1. The number of piperazine rings is 1. The van der Waals surface area contributed by atoms with Gasteiger partial charge in [0, 0.05) is 44.6 Å². The van der Waals surface area contributed by atoms with Crippen LogP contribution in [0.4, 0.5) is 0 Å². The van der Waals surface area contributed by atoms with Crippen molar-refractivity contribution >= 4 is 11.0 Å². The van der Waals surface area contributed by atoms with E-state index in [9.17, 15) is 0 Å². The Bertz CT molecular complexity index is 796. The molecule has 1 fully saturated rings. The van der Waals surface area contributed by atoms with Gasteiger partial charge in [0.15, 0.2) is 0 Å². The summed E-state index contributed by atoms with van der Waals surface area (Å²) in [4.78, 5) is 11.3. The van der Waals surface area contributed by atoms with Gasteiger partial charge in [-0.05, 0) is 38.0 Å². The third-order valence-corrected chi connectivity index (χ3v) is 4.79. The molecule has 1 unspecified atom stereocenters. The molecule has 0 spiro atoms. The monoisotopic (exact) mass is 351 g/mol. The summed E-state index contributed by atoms with van der Waals surface area (Å²) in [5.41, 5.74) is 5.59. The van der Waals surface area contributed by atoms with Crippen LogP contribution in [-0.2, 0) is 6.54 Å². The predicted octanol–water partition coefficient (Wildman–Crippen LogP) is 3.21. The topological polar surface area (TPSA) is 53.1 Å². The number of benzene rings is 1. The summed E-state index contributed by atoms with van der Waals surface area (Å²) in [6.07, 6.45) is 9.00. The molecule has 0 amide bonds. The minimum Gasteiger partial charge on any atom is -0.380 e. The zero-order valence-corrected chi connectivity index (χ0v) is 16.0. The molecule has 138 valence electrons. The smallest absolute Gasteiger partial charge is 0.0890 e. The maximum atomic E-state index is 4.41. The molecule has 1 aromatic carbocycles. The molecule has 2 N–H and O–H groups in total. The van der Waals surface area contributed by atoms with Crippen LogP contribution in [-0.4, -0.2) is 40.5 Å². The van der Waals surface area contributed by atoms with Crippen molar-refractivity contribution in [2.45, 2.75) is 39.8 Å². The summed E-state index contributed by atoms with van der Waals surface area (Å²) in [5, 5.41) is 7.11. The lowest BCUT2D eigenvalue weighted by atomic mass is 10.1. The molecule has 5 heteroatoms. The highest BCUT2D eigenvalue weighted by molar-refractivity contribution is 5.74. The Morgan fingerprint density at radius 1 is 1.31 bits per heavy atom. The van der Waals surface area contributed by atoms with Crippen LogP contribution in [0.15, 0.2) is 54.1 Å². The van der Waals surface area contributed by atoms with E-state index in [1.165, 1.54) is 17.0 Å². The highest BCUT2D eigenvalue weighted by atomic mass is 15.2. The number of hydrogen-bond donors (Lipinski definition) is 2. The molecule has 0 aliphatic carbocycles. The van der Waals surface area contributed by atoms with Crippen LogP contribution in [0.25, 0.3) is 11.0 Å². The standard InChI is InChI=1S/C21H29N5/c1-4-6-21(26-12-11-22-14-16(26)3)18(5-2)25-15-17-7-8-19-20(13-17)24-10-9-23-19/h5-10,13,16,22,25H,4,11-12,14-15H2,1-3H3/b18-5+,21-6+. The molecule has 2 aromatic rings. The number of aromatic nitrogens is 2. The van der Waals surface area contributed by atoms with Gasteiger partial charge >= 0.3 is 0 Å². The van der Waals surface area contributed by atoms with Crippen molar-refractivity contribution in [2.24, 2.45) is 0 Å². The first-order valence-electron chi connectivity index (χ1n) is 9.50. The summed E-state index contributed by atoms with van der Waals surface area (Å²) in [7, 11) is 0. The molecule has 1 saturated heterocycles. The van der Waals surface area contributed by atoms with Gasteiger partial charge in [-0.25, -0.2) is 0 Å². The number of nitrogens with one attached hydrogen (secondary N) is 2. The van der Waals surface area contributed by atoms with Gasteiger partial charge in [0.1, 0.15) is 0 Å². The maximum absolute atomic E-state index is 4.41. The second kappa shape index (κ2) is 8.81. The van der Waals surface area contributed by atoms with E-state index in [4.69, 9.17) is 0 Å². The van der Waals surface area contributed by atoms with E-state index in [0.29, 0.717) is 6.04 Å². The molecule has 2 heterocycles. The molecular formula is C21H29N5. The van der Waals surface area contributed by atoms with E-state index in [0.717, 1.165) is 43.6 Å². The zero-order chi connectivity index (χ0) is 18.4. The molecule has 3 rings (SSSR count). The fourth-order valence-corrected chi connectivity index (χ4v) is 3.43. The Morgan fingerprint density at radius 2 is 2.12 bits per heavy atom.